The summed E-state index contributed by atoms with van der Waals surface area (Å²) in [5.74, 6) is 0. The molecule has 1 aromatic rings. The van der Waals surface area contributed by atoms with Crippen LogP contribution in [0.15, 0.2) is 23.1 Å². The van der Waals surface area contributed by atoms with Crippen molar-refractivity contribution in [1.82, 2.24) is 4.72 Å². The van der Waals surface area contributed by atoms with Gasteiger partial charge in [-0.1, -0.05) is 23.2 Å². The Bertz CT molecular complexity index is 473. The van der Waals surface area contributed by atoms with Crippen LogP contribution in [0, 0.1) is 0 Å². The van der Waals surface area contributed by atoms with Crippen LogP contribution in [0.3, 0.4) is 0 Å². The highest BCUT2D eigenvalue weighted by molar-refractivity contribution is 7.89. The van der Waals surface area contributed by atoms with E-state index in [-0.39, 0.29) is 16.5 Å². The van der Waals surface area contributed by atoms with E-state index in [0.717, 1.165) is 0 Å². The van der Waals surface area contributed by atoms with Gasteiger partial charge in [0, 0.05) is 5.02 Å². The molecule has 0 bridgehead atoms. The predicted octanol–water partition coefficient (Wildman–Crippen LogP) is 1.47. The first-order valence-electron chi connectivity index (χ1n) is 3.86. The summed E-state index contributed by atoms with van der Waals surface area (Å²) >= 11 is 11.3. The number of hydrogen-bond donors (Lipinski definition) is 1. The number of carbonyl (C=O) groups is 1. The molecular formula is C8H7Cl2NO3S. The van der Waals surface area contributed by atoms with E-state index < -0.39 is 10.0 Å². The van der Waals surface area contributed by atoms with Crippen LogP contribution in [0.25, 0.3) is 0 Å². The third kappa shape index (κ3) is 3.17. The standard InChI is InChI=1S/C8H7Cl2NO3S/c9-6-1-2-8(7(10)5-6)15(13,14)11-3-4-12/h1-2,4-5,11H,3H2. The van der Waals surface area contributed by atoms with Crippen LogP contribution in [-0.2, 0) is 14.8 Å². The zero-order chi connectivity index (χ0) is 11.5. The first-order chi connectivity index (χ1) is 6.97. The molecule has 0 atom stereocenters. The molecule has 0 aliphatic rings. The predicted molar refractivity (Wildman–Crippen MR) is 57.7 cm³/mol. The molecule has 0 saturated carbocycles. The minimum Gasteiger partial charge on any atom is -0.302 e. The first-order valence-corrected chi connectivity index (χ1v) is 6.09. The van der Waals surface area contributed by atoms with Crippen LogP contribution in [0.4, 0.5) is 0 Å². The minimum absolute atomic E-state index is 0.0147. The molecule has 1 aromatic carbocycles. The van der Waals surface area contributed by atoms with Crippen molar-refractivity contribution in [2.24, 2.45) is 0 Å². The third-order valence-corrected chi connectivity index (χ3v) is 3.68. The number of sulfonamides is 1. The van der Waals surface area contributed by atoms with Crippen molar-refractivity contribution >= 4 is 39.5 Å². The number of benzene rings is 1. The molecular weight excluding hydrogens is 261 g/mol. The van der Waals surface area contributed by atoms with E-state index in [0.29, 0.717) is 11.3 Å². The van der Waals surface area contributed by atoms with Gasteiger partial charge in [0.15, 0.2) is 0 Å². The maximum absolute atomic E-state index is 11.5. The van der Waals surface area contributed by atoms with Crippen molar-refractivity contribution in [3.8, 4) is 0 Å². The molecule has 0 aromatic heterocycles. The van der Waals surface area contributed by atoms with Crippen molar-refractivity contribution in [2.75, 3.05) is 6.54 Å². The molecule has 15 heavy (non-hydrogen) atoms. The highest BCUT2D eigenvalue weighted by Gasteiger charge is 2.16. The van der Waals surface area contributed by atoms with Crippen LogP contribution in [0.5, 0.6) is 0 Å². The fraction of sp³-hybridized carbons (Fsp3) is 0.125. The number of carbonyl (C=O) groups excluding carboxylic acids is 1. The van der Waals surface area contributed by atoms with Crippen molar-refractivity contribution in [2.45, 2.75) is 4.90 Å². The smallest absolute Gasteiger partial charge is 0.242 e. The summed E-state index contributed by atoms with van der Waals surface area (Å²) in [5, 5.41) is 0.357. The third-order valence-electron chi connectivity index (χ3n) is 1.54. The molecule has 0 spiro atoms. The summed E-state index contributed by atoms with van der Waals surface area (Å²) in [5.41, 5.74) is 0. The van der Waals surface area contributed by atoms with E-state index >= 15 is 0 Å². The Kier molecular flexibility index (Phi) is 4.10. The fourth-order valence-corrected chi connectivity index (χ4v) is 2.63. The molecule has 4 nitrogen and oxygen atoms in total. The first kappa shape index (κ1) is 12.4. The number of rotatable bonds is 4. The average molecular weight is 268 g/mol. The van der Waals surface area contributed by atoms with E-state index in [1.165, 1.54) is 18.2 Å². The van der Waals surface area contributed by atoms with Crippen molar-refractivity contribution in [3.05, 3.63) is 28.2 Å². The van der Waals surface area contributed by atoms with Gasteiger partial charge in [0.2, 0.25) is 10.0 Å². The Morgan fingerprint density at radius 1 is 1.33 bits per heavy atom. The highest BCUT2D eigenvalue weighted by atomic mass is 35.5. The molecule has 1 rings (SSSR count). The summed E-state index contributed by atoms with van der Waals surface area (Å²) < 4.78 is 25.1. The lowest BCUT2D eigenvalue weighted by Gasteiger charge is -2.05. The maximum Gasteiger partial charge on any atom is 0.242 e. The van der Waals surface area contributed by atoms with Crippen molar-refractivity contribution in [1.29, 1.82) is 0 Å². The summed E-state index contributed by atoms with van der Waals surface area (Å²) in [6.45, 7) is -0.290. The van der Waals surface area contributed by atoms with Crippen LogP contribution in [0.1, 0.15) is 0 Å². The minimum atomic E-state index is -3.74. The monoisotopic (exact) mass is 267 g/mol. The second-order valence-corrected chi connectivity index (χ2v) is 5.17. The SMILES string of the molecule is O=CCNS(=O)(=O)c1ccc(Cl)cc1Cl. The zero-order valence-electron chi connectivity index (χ0n) is 7.41. The molecule has 0 radical (unpaired) electrons. The van der Waals surface area contributed by atoms with Gasteiger partial charge in [0.25, 0.3) is 0 Å². The summed E-state index contributed by atoms with van der Waals surface area (Å²) in [6, 6.07) is 4.00. The van der Waals surface area contributed by atoms with E-state index in [1.807, 2.05) is 0 Å². The second-order valence-electron chi connectivity index (χ2n) is 2.59. The van der Waals surface area contributed by atoms with Gasteiger partial charge >= 0.3 is 0 Å². The van der Waals surface area contributed by atoms with Crippen LogP contribution in [-0.4, -0.2) is 21.2 Å². The van der Waals surface area contributed by atoms with Gasteiger partial charge in [0.1, 0.15) is 11.2 Å². The number of halogens is 2. The summed E-state index contributed by atoms with van der Waals surface area (Å²) in [7, 11) is -3.74. The van der Waals surface area contributed by atoms with Gasteiger partial charge in [-0.05, 0) is 18.2 Å². The Balaban J connectivity index is 3.10. The molecule has 0 amide bonds. The Morgan fingerprint density at radius 2 is 2.00 bits per heavy atom. The topological polar surface area (TPSA) is 63.2 Å². The Labute approximate surface area is 97.2 Å². The van der Waals surface area contributed by atoms with Crippen LogP contribution < -0.4 is 4.72 Å². The van der Waals surface area contributed by atoms with Crippen molar-refractivity contribution in [3.63, 3.8) is 0 Å². The lowest BCUT2D eigenvalue weighted by Crippen LogP contribution is -2.25. The number of hydrogen-bond acceptors (Lipinski definition) is 3. The molecule has 0 heterocycles. The summed E-state index contributed by atoms with van der Waals surface area (Å²) in [4.78, 5) is 9.94. The van der Waals surface area contributed by atoms with E-state index in [4.69, 9.17) is 23.2 Å². The van der Waals surface area contributed by atoms with Gasteiger partial charge in [-0.15, -0.1) is 0 Å². The van der Waals surface area contributed by atoms with E-state index in [9.17, 15) is 13.2 Å². The molecule has 0 saturated heterocycles. The molecule has 1 N–H and O–H groups in total. The van der Waals surface area contributed by atoms with Gasteiger partial charge < -0.3 is 4.79 Å². The van der Waals surface area contributed by atoms with Crippen LogP contribution >= 0.6 is 23.2 Å². The Hall–Kier alpha value is -0.620. The number of nitrogens with one attached hydrogen (secondary N) is 1. The highest BCUT2D eigenvalue weighted by Crippen LogP contribution is 2.24. The lowest BCUT2D eigenvalue weighted by molar-refractivity contribution is -0.106. The van der Waals surface area contributed by atoms with Crippen LogP contribution in [0.2, 0.25) is 10.0 Å². The molecule has 0 aliphatic heterocycles. The van der Waals surface area contributed by atoms with E-state index in [2.05, 4.69) is 4.72 Å². The van der Waals surface area contributed by atoms with Crippen molar-refractivity contribution < 1.29 is 13.2 Å². The average Bonchev–Trinajstić information content (AvgIpc) is 2.14. The van der Waals surface area contributed by atoms with Gasteiger partial charge in [-0.2, -0.15) is 0 Å². The van der Waals surface area contributed by atoms with Gasteiger partial charge in [-0.25, -0.2) is 13.1 Å². The molecule has 7 heteroatoms. The Morgan fingerprint density at radius 3 is 2.53 bits per heavy atom. The second kappa shape index (κ2) is 4.94. The normalized spacial score (nSPS) is 11.3. The summed E-state index contributed by atoms with van der Waals surface area (Å²) in [6.07, 6.45) is 0.446. The largest absolute Gasteiger partial charge is 0.302 e. The molecule has 0 fully saturated rings. The molecule has 0 unspecified atom stereocenters. The lowest BCUT2D eigenvalue weighted by atomic mass is 10.4. The maximum atomic E-state index is 11.5. The molecule has 82 valence electrons. The quantitative estimate of drug-likeness (QED) is 0.841. The van der Waals surface area contributed by atoms with Gasteiger partial charge in [0.05, 0.1) is 11.6 Å². The van der Waals surface area contributed by atoms with Gasteiger partial charge in [-0.3, -0.25) is 0 Å². The molecule has 0 aliphatic carbocycles. The zero-order valence-corrected chi connectivity index (χ0v) is 9.73. The number of aldehydes is 1. The fourth-order valence-electron chi connectivity index (χ4n) is 0.915. The van der Waals surface area contributed by atoms with E-state index in [1.54, 1.807) is 0 Å².